The van der Waals surface area contributed by atoms with Gasteiger partial charge < -0.3 is 62.0 Å². The molecule has 20 atom stereocenters. The van der Waals surface area contributed by atoms with Gasteiger partial charge >= 0.3 is 0 Å². The molecule has 13 nitrogen and oxygen atoms in total. The summed E-state index contributed by atoms with van der Waals surface area (Å²) in [6.07, 6.45) is 11.5. The van der Waals surface area contributed by atoms with Gasteiger partial charge in [-0.15, -0.1) is 0 Å². The number of nitrogens with one attached hydrogen (secondary N) is 2. The van der Waals surface area contributed by atoms with Crippen LogP contribution < -0.4 is 16.4 Å². The van der Waals surface area contributed by atoms with Crippen LogP contribution in [0.4, 0.5) is 0 Å². The fourth-order valence-corrected chi connectivity index (χ4v) is 17.2. The van der Waals surface area contributed by atoms with E-state index in [4.69, 9.17) is 10.5 Å². The van der Waals surface area contributed by atoms with E-state index in [1.54, 1.807) is 13.8 Å². The molecule has 0 aromatic heterocycles. The smallest absolute Gasteiger partial charge is 0.182 e. The van der Waals surface area contributed by atoms with E-state index in [9.17, 15) is 40.9 Å². The van der Waals surface area contributed by atoms with Crippen LogP contribution in [0.15, 0.2) is 34.7 Å². The number of ketones is 1. The second kappa shape index (κ2) is 17.8. The molecule has 1 saturated heterocycles. The molecule has 9 aliphatic rings. The minimum Gasteiger partial charge on any atom is -0.396 e. The summed E-state index contributed by atoms with van der Waals surface area (Å²) in [5, 5.41) is 103. The van der Waals surface area contributed by atoms with E-state index in [1.165, 1.54) is 6.42 Å². The minimum absolute atomic E-state index is 0.0327. The van der Waals surface area contributed by atoms with Gasteiger partial charge in [0.2, 0.25) is 0 Å². The standard InChI is InChI=1S/C52H83N3O10/c1-5-8-29-11-15-32-38(17-12-29)65-47-41(32)36(58)10-6-21-52(47,64)49(4,62)39-20-23-51(63)43-34(19-22-48(39,51)3)50-26-37(59)45(60)33(42(50)46(61)44(43)54-27-28(2)57)16-14-31(50)25-30-13-18-40(53)55-35(30)9-7-24-56/h13,18,28-29,31-34,36-42,45,47,54-60,62-64H,5-12,14-17,19-27,53H2,1-4H3/t28-,29-,31+,32+,33+,34-,36+,37-,38+,39-,40?,41+,42-,45+,47+,48+,49+,50-,51+,52+/m0/s1. The second-order valence-corrected chi connectivity index (χ2v) is 23.4. The zero-order chi connectivity index (χ0) is 46.4. The molecule has 0 aromatic rings. The van der Waals surface area contributed by atoms with Gasteiger partial charge in [-0.1, -0.05) is 39.2 Å². The molecule has 2 heterocycles. The molecule has 0 spiro atoms. The Morgan fingerprint density at radius 3 is 2.49 bits per heavy atom. The highest BCUT2D eigenvalue weighted by molar-refractivity contribution is 6.00. The average Bonchev–Trinajstić information content (AvgIpc) is 3.65. The van der Waals surface area contributed by atoms with Crippen molar-refractivity contribution in [2.45, 2.75) is 209 Å². The van der Waals surface area contributed by atoms with E-state index in [1.807, 2.05) is 13.0 Å². The second-order valence-electron chi connectivity index (χ2n) is 23.4. The Kier molecular flexibility index (Phi) is 13.2. The average molecular weight is 910 g/mol. The highest BCUT2D eigenvalue weighted by atomic mass is 16.5. The van der Waals surface area contributed by atoms with Crippen molar-refractivity contribution in [1.82, 2.24) is 10.6 Å². The molecule has 9 rings (SSSR count). The van der Waals surface area contributed by atoms with Crippen LogP contribution in [0, 0.1) is 58.2 Å². The van der Waals surface area contributed by atoms with Crippen molar-refractivity contribution in [2.24, 2.45) is 63.9 Å². The van der Waals surface area contributed by atoms with Crippen molar-refractivity contribution in [3.05, 3.63) is 34.7 Å². The molecular formula is C52H83N3O10. The van der Waals surface area contributed by atoms with Crippen LogP contribution in [0.2, 0.25) is 0 Å². The maximum atomic E-state index is 15.7. The molecule has 0 aromatic carbocycles. The Labute approximate surface area is 386 Å². The summed E-state index contributed by atoms with van der Waals surface area (Å²) in [4.78, 5) is 15.7. The lowest BCUT2D eigenvalue weighted by molar-refractivity contribution is -0.255. The number of hydrogen-bond acceptors (Lipinski definition) is 13. The summed E-state index contributed by atoms with van der Waals surface area (Å²) < 4.78 is 6.99. The van der Waals surface area contributed by atoms with E-state index in [-0.39, 0.29) is 74.1 Å². The molecule has 7 fully saturated rings. The fourth-order valence-electron chi connectivity index (χ4n) is 17.2. The van der Waals surface area contributed by atoms with E-state index >= 15 is 4.79 Å². The van der Waals surface area contributed by atoms with Gasteiger partial charge in [0, 0.05) is 36.1 Å². The van der Waals surface area contributed by atoms with Gasteiger partial charge in [0.25, 0.3) is 0 Å². The molecule has 7 aliphatic carbocycles. The normalized spacial score (nSPS) is 48.5. The fraction of sp³-hybridized carbons (Fsp3) is 0.865. The lowest BCUT2D eigenvalue weighted by atomic mass is 9.37. The van der Waals surface area contributed by atoms with Crippen molar-refractivity contribution in [2.75, 3.05) is 13.2 Å². The van der Waals surface area contributed by atoms with Crippen molar-refractivity contribution >= 4 is 5.78 Å². The summed E-state index contributed by atoms with van der Waals surface area (Å²) in [6, 6.07) is 0. The topological polar surface area (TPSA) is 238 Å². The Morgan fingerprint density at radius 1 is 1.00 bits per heavy atom. The van der Waals surface area contributed by atoms with Gasteiger partial charge in [-0.25, -0.2) is 0 Å². The number of rotatable bonds is 12. The van der Waals surface area contributed by atoms with Crippen LogP contribution in [0.5, 0.6) is 0 Å². The van der Waals surface area contributed by atoms with Gasteiger partial charge in [0.05, 0.1) is 59.7 Å². The van der Waals surface area contributed by atoms with E-state index < -0.39 is 75.9 Å². The molecule has 2 aliphatic heterocycles. The molecule has 65 heavy (non-hydrogen) atoms. The third-order valence-corrected chi connectivity index (χ3v) is 20.2. The van der Waals surface area contributed by atoms with E-state index in [0.717, 1.165) is 43.4 Å². The molecular weight excluding hydrogens is 827 g/mol. The minimum atomic E-state index is -1.75. The molecule has 1 unspecified atom stereocenters. The summed E-state index contributed by atoms with van der Waals surface area (Å²) >= 11 is 0. The first-order chi connectivity index (χ1) is 30.9. The van der Waals surface area contributed by atoms with Crippen LogP contribution in [-0.2, 0) is 9.53 Å². The van der Waals surface area contributed by atoms with Gasteiger partial charge in [-0.2, -0.15) is 0 Å². The molecule has 13 heteroatoms. The van der Waals surface area contributed by atoms with Crippen molar-refractivity contribution in [3.63, 3.8) is 0 Å². The van der Waals surface area contributed by atoms with E-state index in [0.29, 0.717) is 81.4 Å². The highest BCUT2D eigenvalue weighted by Gasteiger charge is 2.76. The first kappa shape index (κ1) is 48.1. The SMILES string of the molecule is CCC[C@H]1CC[C@H]2[C@@H]3[C@H](O)CCC[C@](O)([C@](C)(O)[C@H]4CC[C@@]5(O)C6=C(NC[C@H](C)O)C(=O)[C@@H]7[C@H]8CC[C@H](CC9=C(CCCO)NC(N)C=C9)[C@@]7(C[C@H](O)[C@@H]8O)[C@H]6CC[C@]45C)[C@@H]3O[C@@H]2CC1. The zero-order valence-corrected chi connectivity index (χ0v) is 39.6. The van der Waals surface area contributed by atoms with Crippen LogP contribution in [0.1, 0.15) is 150 Å². The zero-order valence-electron chi connectivity index (χ0n) is 39.6. The van der Waals surface area contributed by atoms with Gasteiger partial charge in [-0.3, -0.25) is 4.79 Å². The number of Topliss-reactive ketones (excluding diaryl/α,β-unsaturated/α-hetero) is 1. The maximum Gasteiger partial charge on any atom is 0.182 e. The lowest BCUT2D eigenvalue weighted by Gasteiger charge is -2.67. The van der Waals surface area contributed by atoms with Crippen molar-refractivity contribution < 1.29 is 50.4 Å². The summed E-state index contributed by atoms with van der Waals surface area (Å²) in [6.45, 7) is 7.77. The number of fused-ring (bicyclic) bond motifs is 6. The quantitative estimate of drug-likeness (QED) is 0.133. The number of dihydropyridines is 1. The predicted molar refractivity (Wildman–Crippen MR) is 245 cm³/mol. The van der Waals surface area contributed by atoms with Gasteiger partial charge in [-0.05, 0) is 175 Å². The Hall–Kier alpha value is -1.91. The third-order valence-electron chi connectivity index (χ3n) is 20.2. The molecule has 366 valence electrons. The van der Waals surface area contributed by atoms with Crippen LogP contribution in [0.3, 0.4) is 0 Å². The molecule has 0 amide bonds. The van der Waals surface area contributed by atoms with Crippen molar-refractivity contribution in [1.29, 1.82) is 0 Å². The third kappa shape index (κ3) is 7.40. The molecule has 6 saturated carbocycles. The number of allylic oxidation sites excluding steroid dienone is 4. The number of aliphatic hydroxyl groups is 8. The number of hydrogen-bond donors (Lipinski definition) is 11. The first-order valence-electron chi connectivity index (χ1n) is 26.0. The Morgan fingerprint density at radius 2 is 1.75 bits per heavy atom. The summed E-state index contributed by atoms with van der Waals surface area (Å²) in [7, 11) is 0. The summed E-state index contributed by atoms with van der Waals surface area (Å²) in [5.74, 6) is -2.02. The van der Waals surface area contributed by atoms with Gasteiger partial charge in [0.1, 0.15) is 5.60 Å². The van der Waals surface area contributed by atoms with Crippen LogP contribution in [0.25, 0.3) is 0 Å². The van der Waals surface area contributed by atoms with Crippen LogP contribution >= 0.6 is 0 Å². The molecule has 0 radical (unpaired) electrons. The lowest BCUT2D eigenvalue weighted by Crippen LogP contribution is -2.71. The number of ether oxygens (including phenoxy) is 1. The highest BCUT2D eigenvalue weighted by Crippen LogP contribution is 2.74. The van der Waals surface area contributed by atoms with E-state index in [2.05, 4.69) is 23.6 Å². The monoisotopic (exact) mass is 910 g/mol. The molecule has 12 N–H and O–H groups in total. The molecule has 2 bridgehead atoms. The predicted octanol–water partition coefficient (Wildman–Crippen LogP) is 3.98. The Balaban J connectivity index is 1.12. The van der Waals surface area contributed by atoms with Crippen LogP contribution in [-0.4, -0.2) is 119 Å². The number of nitrogens with two attached hydrogens (primary N) is 1. The van der Waals surface area contributed by atoms with Gasteiger partial charge in [0.15, 0.2) is 5.78 Å². The first-order valence-corrected chi connectivity index (χ1v) is 26.0. The van der Waals surface area contributed by atoms with Crippen molar-refractivity contribution in [3.8, 4) is 0 Å². The number of carbonyl (C=O) groups is 1. The maximum absolute atomic E-state index is 15.7. The Bertz CT molecular complexity index is 1890. The number of aliphatic hydroxyl groups excluding tert-OH is 5. The summed E-state index contributed by atoms with van der Waals surface area (Å²) in [5.41, 5.74) is 2.31. The number of carbonyl (C=O) groups excluding carboxylic acids is 1. The largest absolute Gasteiger partial charge is 0.396 e.